The fourth-order valence-corrected chi connectivity index (χ4v) is 3.15. The van der Waals surface area contributed by atoms with Crippen molar-refractivity contribution in [1.29, 1.82) is 0 Å². The van der Waals surface area contributed by atoms with Gasteiger partial charge in [-0.25, -0.2) is 0 Å². The number of rotatable bonds is 5. The van der Waals surface area contributed by atoms with E-state index in [1.165, 1.54) is 44.3 Å². The highest BCUT2D eigenvalue weighted by Gasteiger charge is 2.21. The van der Waals surface area contributed by atoms with Crippen LogP contribution in [0.15, 0.2) is 18.2 Å². The maximum absolute atomic E-state index is 2.64. The van der Waals surface area contributed by atoms with Gasteiger partial charge in [-0.1, -0.05) is 44.9 Å². The lowest BCUT2D eigenvalue weighted by Gasteiger charge is -2.19. The Morgan fingerprint density at radius 3 is 2.78 bits per heavy atom. The van der Waals surface area contributed by atoms with Crippen LogP contribution in [0, 0.1) is 12.8 Å². The first-order valence-corrected chi connectivity index (χ1v) is 7.54. The van der Waals surface area contributed by atoms with Gasteiger partial charge < -0.3 is 0 Å². The maximum atomic E-state index is 2.64. The van der Waals surface area contributed by atoms with Crippen molar-refractivity contribution < 1.29 is 0 Å². The average molecular weight is 245 g/mol. The van der Waals surface area contributed by atoms with Crippen molar-refractivity contribution >= 4 is 0 Å². The number of benzene rings is 1. The molecule has 100 valence electrons. The molecule has 1 unspecified atom stereocenters. The van der Waals surface area contributed by atoms with Crippen LogP contribution in [0.1, 0.15) is 49.8 Å². The number of aryl methyl sites for hydroxylation is 1. The van der Waals surface area contributed by atoms with E-state index < -0.39 is 0 Å². The predicted octanol–water partition coefficient (Wildman–Crippen LogP) is 4.18. The van der Waals surface area contributed by atoms with Gasteiger partial charge in [0, 0.05) is 13.1 Å². The molecule has 18 heavy (non-hydrogen) atoms. The van der Waals surface area contributed by atoms with E-state index >= 15 is 0 Å². The van der Waals surface area contributed by atoms with E-state index in [1.54, 1.807) is 11.1 Å². The minimum absolute atomic E-state index is 0.935. The summed E-state index contributed by atoms with van der Waals surface area (Å²) >= 11 is 0. The first kappa shape index (κ1) is 13.6. The standard InChI is InChI=1S/C17H27N/c1-4-7-17-14(3)8-6-9-16(17)13-18-11-10-15(5-2)12-18/h6,8-9,15H,4-5,7,10-13H2,1-3H3. The number of hydrogen-bond donors (Lipinski definition) is 0. The van der Waals surface area contributed by atoms with Crippen LogP contribution in [0.4, 0.5) is 0 Å². The van der Waals surface area contributed by atoms with Gasteiger partial charge in [0.25, 0.3) is 0 Å². The Kier molecular flexibility index (Phi) is 4.82. The molecule has 0 N–H and O–H groups in total. The molecule has 0 amide bonds. The highest BCUT2D eigenvalue weighted by atomic mass is 15.1. The van der Waals surface area contributed by atoms with Gasteiger partial charge in [0.15, 0.2) is 0 Å². The summed E-state index contributed by atoms with van der Waals surface area (Å²) in [5, 5.41) is 0. The zero-order chi connectivity index (χ0) is 13.0. The van der Waals surface area contributed by atoms with E-state index in [-0.39, 0.29) is 0 Å². The van der Waals surface area contributed by atoms with E-state index in [0.29, 0.717) is 0 Å². The number of hydrogen-bond acceptors (Lipinski definition) is 1. The van der Waals surface area contributed by atoms with Gasteiger partial charge in [0.1, 0.15) is 0 Å². The fraction of sp³-hybridized carbons (Fsp3) is 0.647. The Hall–Kier alpha value is -0.820. The summed E-state index contributed by atoms with van der Waals surface area (Å²) in [7, 11) is 0. The minimum Gasteiger partial charge on any atom is -0.299 e. The lowest BCUT2D eigenvalue weighted by molar-refractivity contribution is 0.314. The molecule has 1 aliphatic heterocycles. The minimum atomic E-state index is 0.935. The van der Waals surface area contributed by atoms with Crippen LogP contribution in [0.2, 0.25) is 0 Å². The molecule has 1 heteroatoms. The third-order valence-electron chi connectivity index (χ3n) is 4.35. The molecular formula is C17H27N. The van der Waals surface area contributed by atoms with E-state index in [0.717, 1.165) is 12.5 Å². The molecule has 1 aliphatic rings. The molecule has 1 fully saturated rings. The zero-order valence-corrected chi connectivity index (χ0v) is 12.2. The second-order valence-corrected chi connectivity index (χ2v) is 5.76. The highest BCUT2D eigenvalue weighted by molar-refractivity contribution is 5.34. The third-order valence-corrected chi connectivity index (χ3v) is 4.35. The largest absolute Gasteiger partial charge is 0.299 e. The molecule has 0 bridgehead atoms. The van der Waals surface area contributed by atoms with Crippen molar-refractivity contribution in [3.8, 4) is 0 Å². The van der Waals surface area contributed by atoms with E-state index in [4.69, 9.17) is 0 Å². The van der Waals surface area contributed by atoms with Gasteiger partial charge in [-0.15, -0.1) is 0 Å². The van der Waals surface area contributed by atoms with Crippen molar-refractivity contribution in [2.45, 2.75) is 53.0 Å². The van der Waals surface area contributed by atoms with Crippen molar-refractivity contribution in [3.63, 3.8) is 0 Å². The Morgan fingerprint density at radius 1 is 1.28 bits per heavy atom. The highest BCUT2D eigenvalue weighted by Crippen LogP contribution is 2.24. The molecule has 0 aliphatic carbocycles. The van der Waals surface area contributed by atoms with E-state index in [9.17, 15) is 0 Å². The van der Waals surface area contributed by atoms with Gasteiger partial charge in [-0.2, -0.15) is 0 Å². The first-order chi connectivity index (χ1) is 8.74. The van der Waals surface area contributed by atoms with Crippen molar-refractivity contribution in [3.05, 3.63) is 34.9 Å². The van der Waals surface area contributed by atoms with Crippen LogP contribution in [0.3, 0.4) is 0 Å². The summed E-state index contributed by atoms with van der Waals surface area (Å²) < 4.78 is 0. The molecule has 1 aromatic rings. The number of nitrogens with zero attached hydrogens (tertiary/aromatic N) is 1. The molecule has 2 rings (SSSR count). The molecule has 1 saturated heterocycles. The van der Waals surface area contributed by atoms with Crippen LogP contribution < -0.4 is 0 Å². The normalized spacial score (nSPS) is 20.5. The Balaban J connectivity index is 2.07. The lowest BCUT2D eigenvalue weighted by Crippen LogP contribution is -2.21. The van der Waals surface area contributed by atoms with E-state index in [2.05, 4.69) is 43.9 Å². The van der Waals surface area contributed by atoms with Crippen LogP contribution in [0.25, 0.3) is 0 Å². The van der Waals surface area contributed by atoms with Gasteiger partial charge >= 0.3 is 0 Å². The quantitative estimate of drug-likeness (QED) is 0.752. The Bertz CT molecular complexity index is 383. The second kappa shape index (κ2) is 6.38. The number of likely N-dealkylation sites (tertiary alicyclic amines) is 1. The predicted molar refractivity (Wildman–Crippen MR) is 78.8 cm³/mol. The van der Waals surface area contributed by atoms with Crippen LogP contribution in [-0.2, 0) is 13.0 Å². The molecule has 0 saturated carbocycles. The molecular weight excluding hydrogens is 218 g/mol. The summed E-state index contributed by atoms with van der Waals surface area (Å²) in [5.74, 6) is 0.935. The van der Waals surface area contributed by atoms with Crippen LogP contribution in [0.5, 0.6) is 0 Å². The summed E-state index contributed by atoms with van der Waals surface area (Å²) in [5.41, 5.74) is 4.63. The van der Waals surface area contributed by atoms with Gasteiger partial charge in [0.2, 0.25) is 0 Å². The zero-order valence-electron chi connectivity index (χ0n) is 12.2. The summed E-state index contributed by atoms with van der Waals surface area (Å²) in [6.45, 7) is 10.6. The Labute approximate surface area is 112 Å². The fourth-order valence-electron chi connectivity index (χ4n) is 3.15. The summed E-state index contributed by atoms with van der Waals surface area (Å²) in [6.07, 6.45) is 5.21. The molecule has 1 aromatic carbocycles. The van der Waals surface area contributed by atoms with Crippen LogP contribution >= 0.6 is 0 Å². The second-order valence-electron chi connectivity index (χ2n) is 5.76. The summed E-state index contributed by atoms with van der Waals surface area (Å²) in [4.78, 5) is 2.64. The Morgan fingerprint density at radius 2 is 2.11 bits per heavy atom. The first-order valence-electron chi connectivity index (χ1n) is 7.54. The molecule has 1 nitrogen and oxygen atoms in total. The third kappa shape index (κ3) is 3.14. The molecule has 1 heterocycles. The van der Waals surface area contributed by atoms with Gasteiger partial charge in [-0.05, 0) is 48.9 Å². The smallest absolute Gasteiger partial charge is 0.0236 e. The average Bonchev–Trinajstić information content (AvgIpc) is 2.81. The van der Waals surface area contributed by atoms with Crippen molar-refractivity contribution in [2.75, 3.05) is 13.1 Å². The van der Waals surface area contributed by atoms with Gasteiger partial charge in [-0.3, -0.25) is 4.90 Å². The topological polar surface area (TPSA) is 3.24 Å². The van der Waals surface area contributed by atoms with Crippen molar-refractivity contribution in [1.82, 2.24) is 4.90 Å². The molecule has 0 spiro atoms. The molecule has 0 aromatic heterocycles. The van der Waals surface area contributed by atoms with E-state index in [1.807, 2.05) is 0 Å². The van der Waals surface area contributed by atoms with Gasteiger partial charge in [0.05, 0.1) is 0 Å². The van der Waals surface area contributed by atoms with Crippen LogP contribution in [-0.4, -0.2) is 18.0 Å². The monoisotopic (exact) mass is 245 g/mol. The SMILES string of the molecule is CCCc1c(C)cccc1CN1CCC(CC)C1. The molecule has 0 radical (unpaired) electrons. The summed E-state index contributed by atoms with van der Waals surface area (Å²) in [6, 6.07) is 6.81. The van der Waals surface area contributed by atoms with Crippen molar-refractivity contribution in [2.24, 2.45) is 5.92 Å². The lowest BCUT2D eigenvalue weighted by atomic mass is 9.97. The molecule has 1 atom stereocenters. The maximum Gasteiger partial charge on any atom is 0.0236 e.